The van der Waals surface area contributed by atoms with Crippen molar-refractivity contribution in [3.8, 4) is 5.75 Å². The highest BCUT2D eigenvalue weighted by Gasteiger charge is 2.13. The highest BCUT2D eigenvalue weighted by Crippen LogP contribution is 2.22. The molecule has 0 fully saturated rings. The van der Waals surface area contributed by atoms with E-state index in [1.807, 2.05) is 19.9 Å². The lowest BCUT2D eigenvalue weighted by Gasteiger charge is -2.21. The Bertz CT molecular complexity index is 353. The molecule has 0 amide bonds. The Hall–Kier alpha value is -1.13. The molecule has 4 heteroatoms. The van der Waals surface area contributed by atoms with Gasteiger partial charge in [0.2, 0.25) is 0 Å². The van der Waals surface area contributed by atoms with Crippen LogP contribution in [0.1, 0.15) is 31.9 Å². The summed E-state index contributed by atoms with van der Waals surface area (Å²) in [6.45, 7) is 4.02. The first-order valence-electron chi connectivity index (χ1n) is 5.82. The van der Waals surface area contributed by atoms with Gasteiger partial charge in [-0.1, -0.05) is 13.0 Å². The quantitative estimate of drug-likeness (QED) is 0.802. The van der Waals surface area contributed by atoms with Crippen LogP contribution >= 0.6 is 0 Å². The number of benzene rings is 1. The number of rotatable bonds is 6. The molecule has 2 unspecified atom stereocenters. The lowest BCUT2D eigenvalue weighted by atomic mass is 10.1. The molecule has 1 aromatic carbocycles. The third-order valence-corrected chi connectivity index (χ3v) is 2.87. The normalized spacial score (nSPS) is 14.4. The molecule has 0 bridgehead atoms. The van der Waals surface area contributed by atoms with Crippen molar-refractivity contribution in [3.05, 3.63) is 29.6 Å². The molecule has 0 aliphatic rings. The maximum absolute atomic E-state index is 13.5. The molecule has 1 aromatic rings. The van der Waals surface area contributed by atoms with Gasteiger partial charge in [-0.05, 0) is 31.0 Å². The van der Waals surface area contributed by atoms with E-state index in [0.29, 0.717) is 0 Å². The van der Waals surface area contributed by atoms with Gasteiger partial charge in [-0.25, -0.2) is 4.39 Å². The zero-order valence-electron chi connectivity index (χ0n) is 10.5. The second-order valence-electron chi connectivity index (χ2n) is 4.07. The third kappa shape index (κ3) is 3.68. The Morgan fingerprint density at radius 3 is 2.65 bits per heavy atom. The van der Waals surface area contributed by atoms with Crippen molar-refractivity contribution >= 4 is 0 Å². The van der Waals surface area contributed by atoms with E-state index in [4.69, 9.17) is 9.84 Å². The van der Waals surface area contributed by atoms with E-state index in [0.717, 1.165) is 12.0 Å². The number of hydrogen-bond donors (Lipinski definition) is 2. The summed E-state index contributed by atoms with van der Waals surface area (Å²) < 4.78 is 18.4. The van der Waals surface area contributed by atoms with E-state index in [-0.39, 0.29) is 30.3 Å². The maximum Gasteiger partial charge on any atom is 0.165 e. The summed E-state index contributed by atoms with van der Waals surface area (Å²) in [4.78, 5) is 0. The first kappa shape index (κ1) is 13.9. The summed E-state index contributed by atoms with van der Waals surface area (Å²) in [5, 5.41) is 12.3. The molecule has 0 aromatic heterocycles. The minimum absolute atomic E-state index is 0.00694. The standard InChI is InChI=1S/C13H20FNO2/c1-4-11(8-16)15-9(2)10-5-6-13(17-3)12(14)7-10/h5-7,9,11,15-16H,4,8H2,1-3H3. The smallest absolute Gasteiger partial charge is 0.165 e. The Balaban J connectivity index is 2.75. The Morgan fingerprint density at radius 1 is 1.47 bits per heavy atom. The molecule has 0 radical (unpaired) electrons. The summed E-state index contributed by atoms with van der Waals surface area (Å²) in [6, 6.07) is 4.93. The van der Waals surface area contributed by atoms with Crippen molar-refractivity contribution in [3.63, 3.8) is 0 Å². The summed E-state index contributed by atoms with van der Waals surface area (Å²) in [5.74, 6) is -0.120. The largest absolute Gasteiger partial charge is 0.494 e. The van der Waals surface area contributed by atoms with Gasteiger partial charge in [0.1, 0.15) is 0 Å². The van der Waals surface area contributed by atoms with Crippen LogP contribution in [-0.4, -0.2) is 24.9 Å². The SMILES string of the molecule is CCC(CO)NC(C)c1ccc(OC)c(F)c1. The minimum atomic E-state index is -0.365. The maximum atomic E-state index is 13.5. The molecule has 17 heavy (non-hydrogen) atoms. The summed E-state index contributed by atoms with van der Waals surface area (Å²) in [7, 11) is 1.44. The first-order chi connectivity index (χ1) is 8.12. The van der Waals surface area contributed by atoms with E-state index in [2.05, 4.69) is 5.32 Å². The monoisotopic (exact) mass is 241 g/mol. The average Bonchev–Trinajstić information content (AvgIpc) is 2.35. The van der Waals surface area contributed by atoms with Crippen molar-refractivity contribution in [2.75, 3.05) is 13.7 Å². The first-order valence-corrected chi connectivity index (χ1v) is 5.82. The summed E-state index contributed by atoms with van der Waals surface area (Å²) >= 11 is 0. The van der Waals surface area contributed by atoms with Crippen LogP contribution in [0.3, 0.4) is 0 Å². The molecule has 0 heterocycles. The Labute approximate surface area is 102 Å². The molecule has 1 rings (SSSR count). The van der Waals surface area contributed by atoms with E-state index in [1.165, 1.54) is 13.2 Å². The predicted molar refractivity (Wildman–Crippen MR) is 65.7 cm³/mol. The van der Waals surface area contributed by atoms with Gasteiger partial charge in [0.15, 0.2) is 11.6 Å². The van der Waals surface area contributed by atoms with Gasteiger partial charge in [-0.15, -0.1) is 0 Å². The molecular formula is C13H20FNO2. The second-order valence-corrected chi connectivity index (χ2v) is 4.07. The minimum Gasteiger partial charge on any atom is -0.494 e. The second kappa shape index (κ2) is 6.57. The summed E-state index contributed by atoms with van der Waals surface area (Å²) in [6.07, 6.45) is 0.833. The molecule has 3 nitrogen and oxygen atoms in total. The number of hydrogen-bond acceptors (Lipinski definition) is 3. The molecule has 0 aliphatic heterocycles. The topological polar surface area (TPSA) is 41.5 Å². The number of nitrogens with one attached hydrogen (secondary N) is 1. The van der Waals surface area contributed by atoms with Crippen LogP contribution < -0.4 is 10.1 Å². The summed E-state index contributed by atoms with van der Waals surface area (Å²) in [5.41, 5.74) is 0.843. The highest BCUT2D eigenvalue weighted by atomic mass is 19.1. The van der Waals surface area contributed by atoms with Crippen molar-refractivity contribution in [1.82, 2.24) is 5.32 Å². The Morgan fingerprint density at radius 2 is 2.18 bits per heavy atom. The molecule has 0 spiro atoms. The van der Waals surface area contributed by atoms with Crippen molar-refractivity contribution in [2.24, 2.45) is 0 Å². The van der Waals surface area contributed by atoms with Crippen LogP contribution in [0.25, 0.3) is 0 Å². The molecular weight excluding hydrogens is 221 g/mol. The number of ether oxygens (including phenoxy) is 1. The van der Waals surface area contributed by atoms with Gasteiger partial charge in [0.25, 0.3) is 0 Å². The number of aliphatic hydroxyl groups excluding tert-OH is 1. The molecule has 2 N–H and O–H groups in total. The van der Waals surface area contributed by atoms with Crippen LogP contribution in [0.15, 0.2) is 18.2 Å². The van der Waals surface area contributed by atoms with Gasteiger partial charge in [0.05, 0.1) is 13.7 Å². The van der Waals surface area contributed by atoms with Crippen molar-refractivity contribution in [2.45, 2.75) is 32.4 Å². The van der Waals surface area contributed by atoms with E-state index >= 15 is 0 Å². The molecule has 0 saturated heterocycles. The zero-order chi connectivity index (χ0) is 12.8. The van der Waals surface area contributed by atoms with Crippen LogP contribution in [0.4, 0.5) is 4.39 Å². The predicted octanol–water partition coefficient (Wildman–Crippen LogP) is 2.26. The number of methoxy groups -OCH3 is 1. The fourth-order valence-corrected chi connectivity index (χ4v) is 1.70. The van der Waals surface area contributed by atoms with Gasteiger partial charge >= 0.3 is 0 Å². The van der Waals surface area contributed by atoms with Crippen molar-refractivity contribution < 1.29 is 14.2 Å². The zero-order valence-corrected chi connectivity index (χ0v) is 10.5. The van der Waals surface area contributed by atoms with Crippen LogP contribution in [0.2, 0.25) is 0 Å². The van der Waals surface area contributed by atoms with E-state index in [1.54, 1.807) is 6.07 Å². The number of halogens is 1. The van der Waals surface area contributed by atoms with Gasteiger partial charge in [-0.2, -0.15) is 0 Å². The van der Waals surface area contributed by atoms with Gasteiger partial charge < -0.3 is 15.2 Å². The fraction of sp³-hybridized carbons (Fsp3) is 0.538. The highest BCUT2D eigenvalue weighted by molar-refractivity contribution is 5.30. The van der Waals surface area contributed by atoms with Crippen LogP contribution in [0.5, 0.6) is 5.75 Å². The Kier molecular flexibility index (Phi) is 5.38. The molecule has 96 valence electrons. The number of aliphatic hydroxyl groups is 1. The van der Waals surface area contributed by atoms with Crippen LogP contribution in [-0.2, 0) is 0 Å². The third-order valence-electron chi connectivity index (χ3n) is 2.87. The average molecular weight is 241 g/mol. The lowest BCUT2D eigenvalue weighted by Crippen LogP contribution is -2.33. The van der Waals surface area contributed by atoms with Gasteiger partial charge in [-0.3, -0.25) is 0 Å². The molecule has 2 atom stereocenters. The molecule has 0 saturated carbocycles. The van der Waals surface area contributed by atoms with E-state index < -0.39 is 0 Å². The van der Waals surface area contributed by atoms with Crippen LogP contribution in [0, 0.1) is 5.82 Å². The molecule has 0 aliphatic carbocycles. The lowest BCUT2D eigenvalue weighted by molar-refractivity contribution is 0.230. The van der Waals surface area contributed by atoms with Gasteiger partial charge in [0, 0.05) is 12.1 Å². The van der Waals surface area contributed by atoms with Crippen molar-refractivity contribution in [1.29, 1.82) is 0 Å². The fourth-order valence-electron chi connectivity index (χ4n) is 1.70. The van der Waals surface area contributed by atoms with E-state index in [9.17, 15) is 4.39 Å².